The number of carbonyl (C=O) groups is 1. The zero-order chi connectivity index (χ0) is 19.6. The summed E-state index contributed by atoms with van der Waals surface area (Å²) >= 11 is 0. The van der Waals surface area contributed by atoms with Gasteiger partial charge >= 0.3 is 0 Å². The third-order valence-electron chi connectivity index (χ3n) is 4.46. The third kappa shape index (κ3) is 5.47. The van der Waals surface area contributed by atoms with Crippen LogP contribution in [0.4, 0.5) is 0 Å². The Kier molecular flexibility index (Phi) is 7.27. The van der Waals surface area contributed by atoms with Crippen molar-refractivity contribution in [3.63, 3.8) is 0 Å². The molecule has 144 valence electrons. The molecule has 5 nitrogen and oxygen atoms in total. The van der Waals surface area contributed by atoms with Crippen LogP contribution in [-0.4, -0.2) is 41.0 Å². The Labute approximate surface area is 166 Å². The Morgan fingerprint density at radius 1 is 0.929 bits per heavy atom. The predicted molar refractivity (Wildman–Crippen MR) is 110 cm³/mol. The molecule has 28 heavy (non-hydrogen) atoms. The number of unbranched alkanes of at least 4 members (excludes halogenated alkanes) is 1. The zero-order valence-electron chi connectivity index (χ0n) is 16.1. The smallest absolute Gasteiger partial charge is 0.257 e. The molecule has 0 N–H and O–H groups in total. The van der Waals surface area contributed by atoms with Crippen molar-refractivity contribution in [2.75, 3.05) is 20.3 Å². The molecule has 3 rings (SSSR count). The molecule has 1 aromatic heterocycles. The van der Waals surface area contributed by atoms with Gasteiger partial charge in [0, 0.05) is 44.8 Å². The van der Waals surface area contributed by atoms with Gasteiger partial charge in [0.05, 0.1) is 5.56 Å². The molecule has 0 saturated heterocycles. The molecule has 0 aliphatic rings. The van der Waals surface area contributed by atoms with E-state index in [2.05, 4.69) is 9.97 Å². The van der Waals surface area contributed by atoms with Crippen LogP contribution in [-0.2, 0) is 11.3 Å². The number of carbonyl (C=O) groups excluding carboxylic acids is 1. The lowest BCUT2D eigenvalue weighted by atomic mass is 10.1. The summed E-state index contributed by atoms with van der Waals surface area (Å²) < 4.78 is 5.12. The molecule has 5 heteroatoms. The lowest BCUT2D eigenvalue weighted by molar-refractivity contribution is 0.0734. The second-order valence-electron chi connectivity index (χ2n) is 6.57. The van der Waals surface area contributed by atoms with Gasteiger partial charge in [-0.2, -0.15) is 0 Å². The Morgan fingerprint density at radius 2 is 1.57 bits per heavy atom. The SMILES string of the molecule is COCCCCN(Cc1ccccc1)C(=O)c1cnc(-c2ccccc2)nc1. The van der Waals surface area contributed by atoms with E-state index in [1.54, 1.807) is 19.5 Å². The van der Waals surface area contributed by atoms with Crippen LogP contribution in [0, 0.1) is 0 Å². The standard InChI is InChI=1S/C23H25N3O2/c1-28-15-9-8-14-26(18-19-10-4-2-5-11-19)23(27)21-16-24-22(25-17-21)20-12-6-3-7-13-20/h2-7,10-13,16-17H,8-9,14-15,18H2,1H3. The fourth-order valence-corrected chi connectivity index (χ4v) is 2.96. The summed E-state index contributed by atoms with van der Waals surface area (Å²) in [5, 5.41) is 0. The van der Waals surface area contributed by atoms with E-state index in [0.29, 0.717) is 31.1 Å². The molecular formula is C23H25N3O2. The van der Waals surface area contributed by atoms with Gasteiger partial charge in [-0.25, -0.2) is 9.97 Å². The molecule has 0 fully saturated rings. The lowest BCUT2D eigenvalue weighted by Gasteiger charge is -2.23. The molecular weight excluding hydrogens is 350 g/mol. The summed E-state index contributed by atoms with van der Waals surface area (Å²) in [6.45, 7) is 1.92. The fraction of sp³-hybridized carbons (Fsp3) is 0.261. The highest BCUT2D eigenvalue weighted by molar-refractivity contribution is 5.93. The van der Waals surface area contributed by atoms with Crippen LogP contribution in [0.25, 0.3) is 11.4 Å². The first-order valence-corrected chi connectivity index (χ1v) is 9.47. The molecule has 0 aliphatic carbocycles. The van der Waals surface area contributed by atoms with Gasteiger partial charge in [-0.1, -0.05) is 60.7 Å². The second kappa shape index (κ2) is 10.3. The summed E-state index contributed by atoms with van der Waals surface area (Å²) in [6, 6.07) is 19.8. The highest BCUT2D eigenvalue weighted by Gasteiger charge is 2.17. The molecule has 1 amide bonds. The van der Waals surface area contributed by atoms with Crippen LogP contribution in [0.3, 0.4) is 0 Å². The minimum atomic E-state index is -0.0547. The van der Waals surface area contributed by atoms with Crippen LogP contribution in [0.1, 0.15) is 28.8 Å². The van der Waals surface area contributed by atoms with Crippen molar-refractivity contribution in [1.29, 1.82) is 0 Å². The van der Waals surface area contributed by atoms with Gasteiger partial charge in [0.2, 0.25) is 0 Å². The van der Waals surface area contributed by atoms with Crippen molar-refractivity contribution in [3.8, 4) is 11.4 Å². The van der Waals surface area contributed by atoms with E-state index in [4.69, 9.17) is 4.74 Å². The van der Waals surface area contributed by atoms with Gasteiger partial charge in [0.1, 0.15) is 0 Å². The van der Waals surface area contributed by atoms with Crippen molar-refractivity contribution in [3.05, 3.63) is 84.2 Å². The fourth-order valence-electron chi connectivity index (χ4n) is 2.96. The molecule has 0 saturated carbocycles. The van der Waals surface area contributed by atoms with E-state index in [1.165, 1.54) is 0 Å². The summed E-state index contributed by atoms with van der Waals surface area (Å²) in [5.74, 6) is 0.563. The van der Waals surface area contributed by atoms with Gasteiger partial charge in [-0.3, -0.25) is 4.79 Å². The van der Waals surface area contributed by atoms with Crippen molar-refractivity contribution >= 4 is 5.91 Å². The number of aromatic nitrogens is 2. The first-order valence-electron chi connectivity index (χ1n) is 9.47. The van der Waals surface area contributed by atoms with Crippen LogP contribution < -0.4 is 0 Å². The summed E-state index contributed by atoms with van der Waals surface area (Å²) in [4.78, 5) is 23.7. The van der Waals surface area contributed by atoms with E-state index in [1.807, 2.05) is 65.6 Å². The van der Waals surface area contributed by atoms with E-state index < -0.39 is 0 Å². The Hall–Kier alpha value is -3.05. The molecule has 3 aromatic rings. The lowest BCUT2D eigenvalue weighted by Crippen LogP contribution is -2.32. The van der Waals surface area contributed by atoms with Crippen molar-refractivity contribution < 1.29 is 9.53 Å². The minimum absolute atomic E-state index is 0.0547. The first kappa shape index (κ1) is 19.7. The van der Waals surface area contributed by atoms with Gasteiger partial charge in [0.15, 0.2) is 5.82 Å². The summed E-state index contributed by atoms with van der Waals surface area (Å²) in [7, 11) is 1.69. The van der Waals surface area contributed by atoms with Crippen molar-refractivity contribution in [2.24, 2.45) is 0 Å². The average molecular weight is 375 g/mol. The molecule has 0 spiro atoms. The number of benzene rings is 2. The number of amides is 1. The number of hydrogen-bond acceptors (Lipinski definition) is 4. The van der Waals surface area contributed by atoms with E-state index >= 15 is 0 Å². The monoisotopic (exact) mass is 375 g/mol. The van der Waals surface area contributed by atoms with Crippen LogP contribution in [0.5, 0.6) is 0 Å². The molecule has 0 atom stereocenters. The largest absolute Gasteiger partial charge is 0.385 e. The van der Waals surface area contributed by atoms with Gasteiger partial charge < -0.3 is 9.64 Å². The van der Waals surface area contributed by atoms with E-state index in [0.717, 1.165) is 24.0 Å². The van der Waals surface area contributed by atoms with Gasteiger partial charge in [-0.15, -0.1) is 0 Å². The average Bonchev–Trinajstić information content (AvgIpc) is 2.77. The van der Waals surface area contributed by atoms with Crippen LogP contribution in [0.15, 0.2) is 73.1 Å². The molecule has 0 unspecified atom stereocenters. The van der Waals surface area contributed by atoms with E-state index in [9.17, 15) is 4.79 Å². The molecule has 0 radical (unpaired) electrons. The number of ether oxygens (including phenoxy) is 1. The first-order chi connectivity index (χ1) is 13.8. The van der Waals surface area contributed by atoms with Crippen LogP contribution >= 0.6 is 0 Å². The van der Waals surface area contributed by atoms with Crippen molar-refractivity contribution in [1.82, 2.24) is 14.9 Å². The highest BCUT2D eigenvalue weighted by atomic mass is 16.5. The maximum atomic E-state index is 13.1. The Morgan fingerprint density at radius 3 is 2.21 bits per heavy atom. The third-order valence-corrected chi connectivity index (χ3v) is 4.46. The van der Waals surface area contributed by atoms with E-state index in [-0.39, 0.29) is 5.91 Å². The highest BCUT2D eigenvalue weighted by Crippen LogP contribution is 2.15. The summed E-state index contributed by atoms with van der Waals surface area (Å²) in [5.41, 5.74) is 2.54. The Bertz CT molecular complexity index is 852. The Balaban J connectivity index is 1.73. The van der Waals surface area contributed by atoms with Gasteiger partial charge in [0.25, 0.3) is 5.91 Å². The number of rotatable bonds is 9. The number of methoxy groups -OCH3 is 1. The minimum Gasteiger partial charge on any atom is -0.385 e. The maximum Gasteiger partial charge on any atom is 0.257 e. The second-order valence-corrected chi connectivity index (χ2v) is 6.57. The molecule has 0 aliphatic heterocycles. The molecule has 2 aromatic carbocycles. The molecule has 1 heterocycles. The van der Waals surface area contributed by atoms with Crippen LogP contribution in [0.2, 0.25) is 0 Å². The summed E-state index contributed by atoms with van der Waals surface area (Å²) in [6.07, 6.45) is 5.03. The normalized spacial score (nSPS) is 10.6. The van der Waals surface area contributed by atoms with Crippen molar-refractivity contribution in [2.45, 2.75) is 19.4 Å². The van der Waals surface area contributed by atoms with Gasteiger partial charge in [-0.05, 0) is 18.4 Å². The quantitative estimate of drug-likeness (QED) is 0.526. The zero-order valence-corrected chi connectivity index (χ0v) is 16.1. The predicted octanol–water partition coefficient (Wildman–Crippen LogP) is 4.21. The number of nitrogens with zero attached hydrogens (tertiary/aromatic N) is 3. The molecule has 0 bridgehead atoms. The topological polar surface area (TPSA) is 55.3 Å². The maximum absolute atomic E-state index is 13.1. The number of hydrogen-bond donors (Lipinski definition) is 0.